The summed E-state index contributed by atoms with van der Waals surface area (Å²) in [5.41, 5.74) is 1.45. The molecule has 0 saturated carbocycles. The molecule has 19 heavy (non-hydrogen) atoms. The molecule has 1 aliphatic heterocycles. The zero-order chi connectivity index (χ0) is 13.7. The minimum Gasteiger partial charge on any atom is -0.496 e. The molecule has 1 saturated heterocycles. The van der Waals surface area contributed by atoms with E-state index in [1.165, 1.54) is 0 Å². The van der Waals surface area contributed by atoms with Crippen molar-refractivity contribution < 1.29 is 14.3 Å². The Hall–Kier alpha value is -1.81. The van der Waals surface area contributed by atoms with Crippen LogP contribution >= 0.6 is 0 Å². The lowest BCUT2D eigenvalue weighted by Crippen LogP contribution is -2.38. The van der Waals surface area contributed by atoms with Crippen LogP contribution < -0.4 is 10.1 Å². The van der Waals surface area contributed by atoms with Gasteiger partial charge in [0.05, 0.1) is 7.11 Å². The Morgan fingerprint density at radius 2 is 2.21 bits per heavy atom. The molecular formula is C15H19NO3. The molecule has 0 unspecified atom stereocenters. The SMILES string of the molecule is C=Cc1cc(C(=O)NC2CCOCC2)ccc1OC. The molecule has 0 aliphatic carbocycles. The fraction of sp³-hybridized carbons (Fsp3) is 0.400. The Morgan fingerprint density at radius 3 is 2.84 bits per heavy atom. The number of carbonyl (C=O) groups excluding carboxylic acids is 1. The monoisotopic (exact) mass is 261 g/mol. The van der Waals surface area contributed by atoms with E-state index in [4.69, 9.17) is 9.47 Å². The van der Waals surface area contributed by atoms with Gasteiger partial charge in [0.2, 0.25) is 0 Å². The maximum absolute atomic E-state index is 12.2. The number of rotatable bonds is 4. The van der Waals surface area contributed by atoms with E-state index in [2.05, 4.69) is 11.9 Å². The van der Waals surface area contributed by atoms with Crippen molar-refractivity contribution in [3.05, 3.63) is 35.9 Å². The predicted molar refractivity (Wildman–Crippen MR) is 74.4 cm³/mol. The van der Waals surface area contributed by atoms with Gasteiger partial charge in [0.1, 0.15) is 5.75 Å². The van der Waals surface area contributed by atoms with Gasteiger partial charge in [0.25, 0.3) is 5.91 Å². The summed E-state index contributed by atoms with van der Waals surface area (Å²) in [4.78, 5) is 12.2. The van der Waals surface area contributed by atoms with E-state index >= 15 is 0 Å². The highest BCUT2D eigenvalue weighted by atomic mass is 16.5. The van der Waals surface area contributed by atoms with Crippen LogP contribution in [0.15, 0.2) is 24.8 Å². The van der Waals surface area contributed by atoms with Crippen LogP contribution in [0.1, 0.15) is 28.8 Å². The van der Waals surface area contributed by atoms with Crippen LogP contribution in [0, 0.1) is 0 Å². The van der Waals surface area contributed by atoms with Gasteiger partial charge in [-0.3, -0.25) is 4.79 Å². The number of ether oxygens (including phenoxy) is 2. The molecule has 0 bridgehead atoms. The van der Waals surface area contributed by atoms with Gasteiger partial charge in [-0.1, -0.05) is 12.7 Å². The summed E-state index contributed by atoms with van der Waals surface area (Å²) in [6.07, 6.45) is 3.43. The number of hydrogen-bond acceptors (Lipinski definition) is 3. The van der Waals surface area contributed by atoms with Gasteiger partial charge in [0, 0.05) is 30.4 Å². The highest BCUT2D eigenvalue weighted by molar-refractivity contribution is 5.95. The molecule has 0 aromatic heterocycles. The largest absolute Gasteiger partial charge is 0.496 e. The van der Waals surface area contributed by atoms with Gasteiger partial charge in [-0.2, -0.15) is 0 Å². The van der Waals surface area contributed by atoms with Crippen molar-refractivity contribution in [3.63, 3.8) is 0 Å². The van der Waals surface area contributed by atoms with Crippen LogP contribution in [0.25, 0.3) is 6.08 Å². The highest BCUT2D eigenvalue weighted by Crippen LogP contribution is 2.21. The van der Waals surface area contributed by atoms with Crippen LogP contribution in [0.2, 0.25) is 0 Å². The summed E-state index contributed by atoms with van der Waals surface area (Å²) in [5, 5.41) is 3.03. The quantitative estimate of drug-likeness (QED) is 0.904. The van der Waals surface area contributed by atoms with E-state index in [1.807, 2.05) is 0 Å². The van der Waals surface area contributed by atoms with Crippen molar-refractivity contribution in [1.82, 2.24) is 5.32 Å². The highest BCUT2D eigenvalue weighted by Gasteiger charge is 2.17. The molecule has 4 heteroatoms. The Balaban J connectivity index is 2.07. The fourth-order valence-corrected chi connectivity index (χ4v) is 2.15. The van der Waals surface area contributed by atoms with E-state index in [9.17, 15) is 4.79 Å². The third-order valence-corrected chi connectivity index (χ3v) is 3.27. The Bertz CT molecular complexity index is 464. The number of hydrogen-bond donors (Lipinski definition) is 1. The minimum atomic E-state index is -0.0577. The van der Waals surface area contributed by atoms with Crippen molar-refractivity contribution in [2.75, 3.05) is 20.3 Å². The number of carbonyl (C=O) groups is 1. The molecule has 1 heterocycles. The molecule has 102 valence electrons. The van der Waals surface area contributed by atoms with Gasteiger partial charge in [-0.15, -0.1) is 0 Å². The number of amides is 1. The summed E-state index contributed by atoms with van der Waals surface area (Å²) >= 11 is 0. The van der Waals surface area contributed by atoms with E-state index in [-0.39, 0.29) is 11.9 Å². The van der Waals surface area contributed by atoms with Gasteiger partial charge in [0.15, 0.2) is 0 Å². The summed E-state index contributed by atoms with van der Waals surface area (Å²) in [6.45, 7) is 5.15. The zero-order valence-electron chi connectivity index (χ0n) is 11.1. The summed E-state index contributed by atoms with van der Waals surface area (Å²) in [7, 11) is 1.60. The van der Waals surface area contributed by atoms with E-state index in [1.54, 1.807) is 31.4 Å². The molecule has 1 amide bonds. The first kappa shape index (κ1) is 13.6. The third kappa shape index (κ3) is 3.35. The van der Waals surface area contributed by atoms with Gasteiger partial charge in [-0.05, 0) is 31.0 Å². The number of benzene rings is 1. The van der Waals surface area contributed by atoms with Crippen molar-refractivity contribution in [1.29, 1.82) is 0 Å². The standard InChI is InChI=1S/C15H19NO3/c1-3-11-10-12(4-5-14(11)18-2)15(17)16-13-6-8-19-9-7-13/h3-5,10,13H,1,6-9H2,2H3,(H,16,17). The average molecular weight is 261 g/mol. The molecule has 1 fully saturated rings. The molecule has 0 atom stereocenters. The number of methoxy groups -OCH3 is 1. The van der Waals surface area contributed by atoms with Crippen LogP contribution in [0.4, 0.5) is 0 Å². The van der Waals surface area contributed by atoms with Gasteiger partial charge in [-0.25, -0.2) is 0 Å². The van der Waals surface area contributed by atoms with Crippen molar-refractivity contribution in [2.24, 2.45) is 0 Å². The molecule has 0 radical (unpaired) electrons. The normalized spacial score (nSPS) is 15.8. The van der Waals surface area contributed by atoms with Crippen LogP contribution in [0.3, 0.4) is 0 Å². The van der Waals surface area contributed by atoms with E-state index < -0.39 is 0 Å². The molecule has 1 aromatic carbocycles. The summed E-state index contributed by atoms with van der Waals surface area (Å²) < 4.78 is 10.5. The van der Waals surface area contributed by atoms with Crippen molar-refractivity contribution in [2.45, 2.75) is 18.9 Å². The Morgan fingerprint density at radius 1 is 1.47 bits per heavy atom. The average Bonchev–Trinajstić information content (AvgIpc) is 2.47. The maximum Gasteiger partial charge on any atom is 0.251 e. The van der Waals surface area contributed by atoms with Crippen molar-refractivity contribution >= 4 is 12.0 Å². The topological polar surface area (TPSA) is 47.6 Å². The molecular weight excluding hydrogens is 242 g/mol. The van der Waals surface area contributed by atoms with Crippen LogP contribution in [-0.2, 0) is 4.74 Å². The molecule has 1 aromatic rings. The maximum atomic E-state index is 12.2. The Labute approximate surface area is 113 Å². The second-order valence-electron chi connectivity index (χ2n) is 4.52. The second kappa shape index (κ2) is 6.38. The predicted octanol–water partition coefficient (Wildman–Crippen LogP) is 2.25. The van der Waals surface area contributed by atoms with Gasteiger partial charge >= 0.3 is 0 Å². The first-order valence-corrected chi connectivity index (χ1v) is 6.43. The summed E-state index contributed by atoms with van der Waals surface area (Å²) in [6, 6.07) is 5.55. The zero-order valence-corrected chi connectivity index (χ0v) is 11.1. The fourth-order valence-electron chi connectivity index (χ4n) is 2.15. The first-order chi connectivity index (χ1) is 9.24. The lowest BCUT2D eigenvalue weighted by molar-refractivity contribution is 0.0696. The molecule has 4 nitrogen and oxygen atoms in total. The van der Waals surface area contributed by atoms with Crippen molar-refractivity contribution in [3.8, 4) is 5.75 Å². The molecule has 1 aliphatic rings. The Kier molecular flexibility index (Phi) is 4.58. The minimum absolute atomic E-state index is 0.0577. The molecule has 0 spiro atoms. The third-order valence-electron chi connectivity index (χ3n) is 3.27. The number of nitrogens with one attached hydrogen (secondary N) is 1. The smallest absolute Gasteiger partial charge is 0.251 e. The van der Waals surface area contributed by atoms with Crippen LogP contribution in [-0.4, -0.2) is 32.3 Å². The first-order valence-electron chi connectivity index (χ1n) is 6.43. The molecule has 1 N–H and O–H groups in total. The lowest BCUT2D eigenvalue weighted by Gasteiger charge is -2.23. The van der Waals surface area contributed by atoms with Crippen LogP contribution in [0.5, 0.6) is 5.75 Å². The lowest BCUT2D eigenvalue weighted by atomic mass is 10.1. The van der Waals surface area contributed by atoms with Gasteiger partial charge < -0.3 is 14.8 Å². The van der Waals surface area contributed by atoms with E-state index in [0.29, 0.717) is 18.8 Å². The van der Waals surface area contributed by atoms with E-state index in [0.717, 1.165) is 24.2 Å². The second-order valence-corrected chi connectivity index (χ2v) is 4.52. The summed E-state index contributed by atoms with van der Waals surface area (Å²) in [5.74, 6) is 0.662. The molecule has 2 rings (SSSR count).